The number of rotatable bonds is 7. The second-order valence-electron chi connectivity index (χ2n) is 4.71. The van der Waals surface area contributed by atoms with Crippen molar-refractivity contribution >= 4 is 0 Å². The fourth-order valence-electron chi connectivity index (χ4n) is 2.18. The van der Waals surface area contributed by atoms with Crippen molar-refractivity contribution in [3.05, 3.63) is 54.4 Å². The third kappa shape index (κ3) is 4.19. The van der Waals surface area contributed by atoms with Crippen molar-refractivity contribution in [3.8, 4) is 0 Å². The Morgan fingerprint density at radius 1 is 1.26 bits per heavy atom. The molecule has 0 aliphatic carbocycles. The molecular weight excluding hydrogens is 238 g/mol. The Hall–Kier alpha value is -1.65. The molecule has 1 aromatic heterocycles. The van der Waals surface area contributed by atoms with Crippen molar-refractivity contribution in [1.82, 2.24) is 15.1 Å². The lowest BCUT2D eigenvalue weighted by atomic mass is 10.1. The predicted octanol–water partition coefficient (Wildman–Crippen LogP) is 2.25. The Bertz CT molecular complexity index is 456. The highest BCUT2D eigenvalue weighted by atomic mass is 16.5. The van der Waals surface area contributed by atoms with E-state index in [2.05, 4.69) is 41.6 Å². The van der Waals surface area contributed by atoms with E-state index in [1.165, 1.54) is 5.56 Å². The summed E-state index contributed by atoms with van der Waals surface area (Å²) in [7, 11) is 1.73. The summed E-state index contributed by atoms with van der Waals surface area (Å²) in [5.74, 6) is 0. The van der Waals surface area contributed by atoms with Crippen molar-refractivity contribution in [2.75, 3.05) is 13.7 Å². The van der Waals surface area contributed by atoms with Gasteiger partial charge in [0.05, 0.1) is 19.2 Å². The molecule has 2 rings (SSSR count). The Morgan fingerprint density at radius 2 is 2.05 bits per heavy atom. The quantitative estimate of drug-likeness (QED) is 0.829. The molecule has 4 heteroatoms. The minimum atomic E-state index is 0.205. The minimum Gasteiger partial charge on any atom is -0.383 e. The molecule has 0 amide bonds. The first-order valence-corrected chi connectivity index (χ1v) is 6.57. The Kier molecular flexibility index (Phi) is 5.12. The molecule has 0 radical (unpaired) electrons. The van der Waals surface area contributed by atoms with Crippen molar-refractivity contribution in [2.45, 2.75) is 25.6 Å². The number of aromatic nitrogens is 2. The van der Waals surface area contributed by atoms with Crippen LogP contribution in [0.4, 0.5) is 0 Å². The van der Waals surface area contributed by atoms with Gasteiger partial charge in [-0.3, -0.25) is 4.68 Å². The van der Waals surface area contributed by atoms with Gasteiger partial charge in [0, 0.05) is 25.5 Å². The molecular formula is C15H21N3O. The first kappa shape index (κ1) is 13.8. The van der Waals surface area contributed by atoms with Crippen LogP contribution < -0.4 is 5.32 Å². The topological polar surface area (TPSA) is 39.1 Å². The second-order valence-corrected chi connectivity index (χ2v) is 4.71. The minimum absolute atomic E-state index is 0.205. The number of hydrogen-bond donors (Lipinski definition) is 1. The van der Waals surface area contributed by atoms with E-state index in [4.69, 9.17) is 4.74 Å². The van der Waals surface area contributed by atoms with Crippen LogP contribution in [-0.2, 0) is 11.3 Å². The highest BCUT2D eigenvalue weighted by Crippen LogP contribution is 2.13. The van der Waals surface area contributed by atoms with Crippen LogP contribution in [0.2, 0.25) is 0 Å². The molecule has 0 aliphatic heterocycles. The SMILES string of the molecule is COCC(NC(C)Cn1cccn1)c1ccccc1. The van der Waals surface area contributed by atoms with Gasteiger partial charge < -0.3 is 10.1 Å². The lowest BCUT2D eigenvalue weighted by molar-refractivity contribution is 0.160. The monoisotopic (exact) mass is 259 g/mol. The van der Waals surface area contributed by atoms with Gasteiger partial charge >= 0.3 is 0 Å². The molecule has 0 saturated heterocycles. The number of nitrogens with zero attached hydrogens (tertiary/aromatic N) is 2. The number of hydrogen-bond acceptors (Lipinski definition) is 3. The molecule has 1 heterocycles. The molecule has 0 saturated carbocycles. The maximum absolute atomic E-state index is 5.31. The van der Waals surface area contributed by atoms with Gasteiger partial charge in [-0.05, 0) is 18.6 Å². The molecule has 102 valence electrons. The molecule has 2 unspecified atom stereocenters. The third-order valence-corrected chi connectivity index (χ3v) is 3.04. The standard InChI is InChI=1S/C15H21N3O/c1-13(11-18-10-6-9-16-18)17-15(12-19-2)14-7-4-3-5-8-14/h3-10,13,15,17H,11-12H2,1-2H3. The first-order valence-electron chi connectivity index (χ1n) is 6.57. The van der Waals surface area contributed by atoms with Crippen LogP contribution in [0.25, 0.3) is 0 Å². The summed E-state index contributed by atoms with van der Waals surface area (Å²) in [5, 5.41) is 7.81. The van der Waals surface area contributed by atoms with E-state index >= 15 is 0 Å². The molecule has 1 aromatic carbocycles. The van der Waals surface area contributed by atoms with Gasteiger partial charge in [-0.1, -0.05) is 30.3 Å². The zero-order valence-corrected chi connectivity index (χ0v) is 11.5. The lowest BCUT2D eigenvalue weighted by Crippen LogP contribution is -2.36. The average Bonchev–Trinajstić information content (AvgIpc) is 2.92. The Balaban J connectivity index is 1.96. The lowest BCUT2D eigenvalue weighted by Gasteiger charge is -2.23. The normalized spacial score (nSPS) is 14.2. The largest absolute Gasteiger partial charge is 0.383 e. The van der Waals surface area contributed by atoms with Crippen LogP contribution in [0, 0.1) is 0 Å². The second kappa shape index (κ2) is 7.07. The number of benzene rings is 1. The van der Waals surface area contributed by atoms with Gasteiger partial charge in [-0.2, -0.15) is 5.10 Å². The van der Waals surface area contributed by atoms with Gasteiger partial charge in [0.15, 0.2) is 0 Å². The summed E-state index contributed by atoms with van der Waals surface area (Å²) in [4.78, 5) is 0. The number of ether oxygens (including phenoxy) is 1. The Morgan fingerprint density at radius 3 is 2.68 bits per heavy atom. The summed E-state index contributed by atoms with van der Waals surface area (Å²) in [6, 6.07) is 12.8. The number of methoxy groups -OCH3 is 1. The van der Waals surface area contributed by atoms with E-state index in [-0.39, 0.29) is 6.04 Å². The smallest absolute Gasteiger partial charge is 0.0657 e. The van der Waals surface area contributed by atoms with Crippen molar-refractivity contribution in [2.24, 2.45) is 0 Å². The molecule has 0 fully saturated rings. The Labute approximate surface area is 114 Å². The van der Waals surface area contributed by atoms with Gasteiger partial charge in [0.25, 0.3) is 0 Å². The van der Waals surface area contributed by atoms with E-state index < -0.39 is 0 Å². The summed E-state index contributed by atoms with van der Waals surface area (Å²) >= 11 is 0. The van der Waals surface area contributed by atoms with Crippen LogP contribution in [0.1, 0.15) is 18.5 Å². The van der Waals surface area contributed by atoms with Crippen molar-refractivity contribution in [1.29, 1.82) is 0 Å². The molecule has 0 bridgehead atoms. The van der Waals surface area contributed by atoms with E-state index in [9.17, 15) is 0 Å². The van der Waals surface area contributed by atoms with Crippen LogP contribution in [0.5, 0.6) is 0 Å². The summed E-state index contributed by atoms with van der Waals surface area (Å²) in [6.45, 7) is 3.67. The first-order chi connectivity index (χ1) is 9.29. The highest BCUT2D eigenvalue weighted by Gasteiger charge is 2.14. The molecule has 0 spiro atoms. The predicted molar refractivity (Wildman–Crippen MR) is 75.9 cm³/mol. The van der Waals surface area contributed by atoms with Crippen LogP contribution in [0.15, 0.2) is 48.8 Å². The number of nitrogens with one attached hydrogen (secondary N) is 1. The molecule has 1 N–H and O–H groups in total. The van der Waals surface area contributed by atoms with Crippen molar-refractivity contribution in [3.63, 3.8) is 0 Å². The van der Waals surface area contributed by atoms with Crippen LogP contribution in [-0.4, -0.2) is 29.5 Å². The van der Waals surface area contributed by atoms with E-state index in [1.807, 2.05) is 23.0 Å². The van der Waals surface area contributed by atoms with Gasteiger partial charge in [0.2, 0.25) is 0 Å². The zero-order valence-electron chi connectivity index (χ0n) is 11.5. The maximum Gasteiger partial charge on any atom is 0.0657 e. The molecule has 0 aliphatic rings. The average molecular weight is 259 g/mol. The zero-order chi connectivity index (χ0) is 13.5. The molecule has 4 nitrogen and oxygen atoms in total. The van der Waals surface area contributed by atoms with E-state index in [1.54, 1.807) is 13.3 Å². The third-order valence-electron chi connectivity index (χ3n) is 3.04. The van der Waals surface area contributed by atoms with Crippen molar-refractivity contribution < 1.29 is 4.74 Å². The summed E-state index contributed by atoms with van der Waals surface area (Å²) in [6.07, 6.45) is 3.78. The van der Waals surface area contributed by atoms with Gasteiger partial charge in [-0.25, -0.2) is 0 Å². The van der Waals surface area contributed by atoms with E-state index in [0.29, 0.717) is 12.6 Å². The van der Waals surface area contributed by atoms with E-state index in [0.717, 1.165) is 6.54 Å². The van der Waals surface area contributed by atoms with Gasteiger partial charge in [-0.15, -0.1) is 0 Å². The van der Waals surface area contributed by atoms with Crippen LogP contribution in [0.3, 0.4) is 0 Å². The van der Waals surface area contributed by atoms with Gasteiger partial charge in [0.1, 0.15) is 0 Å². The fraction of sp³-hybridized carbons (Fsp3) is 0.400. The fourth-order valence-corrected chi connectivity index (χ4v) is 2.18. The summed E-state index contributed by atoms with van der Waals surface area (Å²) in [5.41, 5.74) is 1.25. The maximum atomic E-state index is 5.31. The highest BCUT2D eigenvalue weighted by molar-refractivity contribution is 5.19. The molecule has 19 heavy (non-hydrogen) atoms. The molecule has 2 atom stereocenters. The molecule has 2 aromatic rings. The van der Waals surface area contributed by atoms with Crippen LogP contribution >= 0.6 is 0 Å². The summed E-state index contributed by atoms with van der Waals surface area (Å²) < 4.78 is 7.25.